The summed E-state index contributed by atoms with van der Waals surface area (Å²) in [6, 6.07) is 23.9. The fourth-order valence-corrected chi connectivity index (χ4v) is 3.94. The Hall–Kier alpha value is -4.13. The molecule has 0 fully saturated rings. The number of hydrogen-bond acceptors (Lipinski definition) is 6. The molecule has 1 heterocycles. The molecule has 0 aliphatic carbocycles. The van der Waals surface area contributed by atoms with E-state index >= 15 is 0 Å². The number of rotatable bonds is 7. The van der Waals surface area contributed by atoms with Crippen molar-refractivity contribution in [1.82, 2.24) is 5.01 Å². The number of nitrogens with zero attached hydrogens (tertiary/aromatic N) is 2. The first-order valence-corrected chi connectivity index (χ1v) is 10.9. The first kappa shape index (κ1) is 23.0. The maximum atomic E-state index is 12.6. The molecule has 1 aliphatic heterocycles. The molecular formula is C27H26N2O5. The van der Waals surface area contributed by atoms with Crippen LogP contribution in [0, 0.1) is 0 Å². The molecular weight excluding hydrogens is 432 g/mol. The SMILES string of the molecule is COc1ccc(C2C(OC(C)=O)C(c3ccccc3OCc3ccccc3)=NN2C(C)=O)cc1. The van der Waals surface area contributed by atoms with Crippen LogP contribution >= 0.6 is 0 Å². The molecule has 174 valence electrons. The van der Waals surface area contributed by atoms with Crippen molar-refractivity contribution in [3.63, 3.8) is 0 Å². The molecule has 0 radical (unpaired) electrons. The van der Waals surface area contributed by atoms with E-state index in [4.69, 9.17) is 14.2 Å². The molecule has 3 aromatic rings. The monoisotopic (exact) mass is 458 g/mol. The fraction of sp³-hybridized carbons (Fsp3) is 0.222. The van der Waals surface area contributed by atoms with E-state index in [1.165, 1.54) is 18.9 Å². The van der Waals surface area contributed by atoms with E-state index in [0.29, 0.717) is 29.4 Å². The molecule has 0 saturated heterocycles. The topological polar surface area (TPSA) is 77.4 Å². The molecule has 1 amide bonds. The Morgan fingerprint density at radius 3 is 2.24 bits per heavy atom. The van der Waals surface area contributed by atoms with E-state index in [1.807, 2.05) is 66.7 Å². The van der Waals surface area contributed by atoms with Gasteiger partial charge in [-0.1, -0.05) is 54.6 Å². The Labute approximate surface area is 198 Å². The van der Waals surface area contributed by atoms with Gasteiger partial charge in [0.1, 0.15) is 29.9 Å². The summed E-state index contributed by atoms with van der Waals surface area (Å²) in [4.78, 5) is 24.7. The minimum absolute atomic E-state index is 0.268. The number of amides is 1. The molecule has 7 heteroatoms. The van der Waals surface area contributed by atoms with Crippen LogP contribution in [-0.2, 0) is 20.9 Å². The van der Waals surface area contributed by atoms with Crippen LogP contribution in [0.2, 0.25) is 0 Å². The average molecular weight is 459 g/mol. The lowest BCUT2D eigenvalue weighted by Gasteiger charge is -2.26. The lowest BCUT2D eigenvalue weighted by atomic mass is 9.94. The molecule has 0 spiro atoms. The van der Waals surface area contributed by atoms with Gasteiger partial charge >= 0.3 is 5.97 Å². The van der Waals surface area contributed by atoms with Crippen LogP contribution in [0.5, 0.6) is 11.5 Å². The molecule has 0 aromatic heterocycles. The summed E-state index contributed by atoms with van der Waals surface area (Å²) < 4.78 is 17.1. The quantitative estimate of drug-likeness (QED) is 0.487. The van der Waals surface area contributed by atoms with Gasteiger partial charge in [-0.2, -0.15) is 5.10 Å². The van der Waals surface area contributed by atoms with E-state index in [0.717, 1.165) is 11.1 Å². The predicted octanol–water partition coefficient (Wildman–Crippen LogP) is 4.51. The summed E-state index contributed by atoms with van der Waals surface area (Å²) >= 11 is 0. The third-order valence-corrected chi connectivity index (χ3v) is 5.51. The van der Waals surface area contributed by atoms with Crippen LogP contribution < -0.4 is 9.47 Å². The van der Waals surface area contributed by atoms with E-state index in [-0.39, 0.29) is 5.91 Å². The van der Waals surface area contributed by atoms with Crippen LogP contribution in [0.3, 0.4) is 0 Å². The zero-order valence-electron chi connectivity index (χ0n) is 19.3. The Balaban J connectivity index is 1.73. The van der Waals surface area contributed by atoms with Gasteiger partial charge < -0.3 is 14.2 Å². The van der Waals surface area contributed by atoms with Gasteiger partial charge in [-0.15, -0.1) is 0 Å². The maximum absolute atomic E-state index is 12.6. The van der Waals surface area contributed by atoms with Gasteiger partial charge in [-0.25, -0.2) is 5.01 Å². The molecule has 7 nitrogen and oxygen atoms in total. The van der Waals surface area contributed by atoms with Crippen molar-refractivity contribution in [3.8, 4) is 11.5 Å². The molecule has 1 aliphatic rings. The van der Waals surface area contributed by atoms with Gasteiger partial charge in [-0.3, -0.25) is 9.59 Å². The highest BCUT2D eigenvalue weighted by Crippen LogP contribution is 2.38. The number of ether oxygens (including phenoxy) is 3. The summed E-state index contributed by atoms with van der Waals surface area (Å²) in [5.74, 6) is 0.530. The summed E-state index contributed by atoms with van der Waals surface area (Å²) in [6.07, 6.45) is -0.809. The van der Waals surface area contributed by atoms with Gasteiger partial charge in [0.25, 0.3) is 0 Å². The molecule has 3 aromatic carbocycles. The predicted molar refractivity (Wildman–Crippen MR) is 128 cm³/mol. The second kappa shape index (κ2) is 10.2. The van der Waals surface area contributed by atoms with E-state index in [9.17, 15) is 9.59 Å². The Bertz CT molecular complexity index is 1190. The van der Waals surface area contributed by atoms with Crippen molar-refractivity contribution in [3.05, 3.63) is 95.6 Å². The molecule has 4 rings (SSSR count). The number of hydrogen-bond donors (Lipinski definition) is 0. The highest BCUT2D eigenvalue weighted by atomic mass is 16.5. The van der Waals surface area contributed by atoms with Crippen molar-refractivity contribution in [1.29, 1.82) is 0 Å². The number of methoxy groups -OCH3 is 1. The second-order valence-electron chi connectivity index (χ2n) is 7.87. The van der Waals surface area contributed by atoms with E-state index in [1.54, 1.807) is 19.2 Å². The summed E-state index contributed by atoms with van der Waals surface area (Å²) in [6.45, 7) is 3.14. The zero-order chi connectivity index (χ0) is 24.1. The summed E-state index contributed by atoms with van der Waals surface area (Å²) in [5.41, 5.74) is 2.90. The molecule has 34 heavy (non-hydrogen) atoms. The third kappa shape index (κ3) is 4.93. The summed E-state index contributed by atoms with van der Waals surface area (Å²) in [5, 5.41) is 5.98. The van der Waals surface area contributed by atoms with Crippen molar-refractivity contribution < 1.29 is 23.8 Å². The Morgan fingerprint density at radius 1 is 0.912 bits per heavy atom. The van der Waals surface area contributed by atoms with Gasteiger partial charge in [0.05, 0.1) is 7.11 Å². The number of benzene rings is 3. The third-order valence-electron chi connectivity index (χ3n) is 5.51. The smallest absolute Gasteiger partial charge is 0.303 e. The minimum atomic E-state index is -0.809. The molecule has 2 unspecified atom stereocenters. The number of hydrazone groups is 1. The zero-order valence-corrected chi connectivity index (χ0v) is 19.3. The van der Waals surface area contributed by atoms with Crippen molar-refractivity contribution in [2.45, 2.75) is 32.6 Å². The van der Waals surface area contributed by atoms with Crippen LogP contribution in [0.1, 0.15) is 36.6 Å². The molecule has 0 N–H and O–H groups in total. The molecule has 0 saturated carbocycles. The first-order chi connectivity index (χ1) is 16.5. The summed E-state index contributed by atoms with van der Waals surface area (Å²) in [7, 11) is 1.59. The second-order valence-corrected chi connectivity index (χ2v) is 7.87. The normalized spacial score (nSPS) is 17.1. The lowest BCUT2D eigenvalue weighted by Crippen LogP contribution is -2.35. The number of carbonyl (C=O) groups excluding carboxylic acids is 2. The van der Waals surface area contributed by atoms with Crippen LogP contribution in [0.4, 0.5) is 0 Å². The van der Waals surface area contributed by atoms with Crippen LogP contribution in [0.15, 0.2) is 84.0 Å². The number of para-hydroxylation sites is 1. The minimum Gasteiger partial charge on any atom is -0.497 e. The van der Waals surface area contributed by atoms with E-state index in [2.05, 4.69) is 5.10 Å². The van der Waals surface area contributed by atoms with Gasteiger partial charge in [-0.05, 0) is 35.4 Å². The van der Waals surface area contributed by atoms with Crippen molar-refractivity contribution >= 4 is 17.6 Å². The largest absolute Gasteiger partial charge is 0.497 e. The maximum Gasteiger partial charge on any atom is 0.303 e. The van der Waals surface area contributed by atoms with Gasteiger partial charge in [0, 0.05) is 19.4 Å². The van der Waals surface area contributed by atoms with Crippen molar-refractivity contribution in [2.24, 2.45) is 5.10 Å². The Kier molecular flexibility index (Phi) is 6.92. The number of esters is 1. The van der Waals surface area contributed by atoms with Gasteiger partial charge in [0.15, 0.2) is 6.10 Å². The Morgan fingerprint density at radius 2 is 1.59 bits per heavy atom. The first-order valence-electron chi connectivity index (χ1n) is 10.9. The molecule has 2 atom stereocenters. The average Bonchev–Trinajstić information content (AvgIpc) is 3.22. The molecule has 0 bridgehead atoms. The lowest BCUT2D eigenvalue weighted by molar-refractivity contribution is -0.147. The highest BCUT2D eigenvalue weighted by Gasteiger charge is 2.44. The van der Waals surface area contributed by atoms with Gasteiger partial charge in [0.2, 0.25) is 5.91 Å². The standard InChI is InChI=1S/C27H26N2O5/c1-18(30)29-26(21-13-15-22(32-3)16-14-21)27(34-19(2)31)25(28-29)23-11-7-8-12-24(23)33-17-20-9-5-4-6-10-20/h4-16,26-27H,17H2,1-3H3. The highest BCUT2D eigenvalue weighted by molar-refractivity contribution is 6.09. The van der Waals surface area contributed by atoms with Crippen molar-refractivity contribution in [2.75, 3.05) is 7.11 Å². The van der Waals surface area contributed by atoms with Crippen LogP contribution in [-0.4, -0.2) is 35.8 Å². The fourth-order valence-electron chi connectivity index (χ4n) is 3.94. The van der Waals surface area contributed by atoms with Crippen LogP contribution in [0.25, 0.3) is 0 Å². The number of carbonyl (C=O) groups is 2. The van der Waals surface area contributed by atoms with E-state index < -0.39 is 18.1 Å².